The Morgan fingerprint density at radius 1 is 0.739 bits per heavy atom. The molecular weight excluding hydrogens is 596 g/mol. The molecule has 1 saturated heterocycles. The van der Waals surface area contributed by atoms with Gasteiger partial charge in [-0.05, 0) is 65.2 Å². The highest BCUT2D eigenvalue weighted by molar-refractivity contribution is 7.99. The minimum atomic E-state index is -0.531. The number of para-hydroxylation sites is 1. The highest BCUT2D eigenvalue weighted by atomic mass is 32.2. The number of carbonyl (C=O) groups is 1. The fourth-order valence-corrected chi connectivity index (χ4v) is 6.05. The molecule has 7 nitrogen and oxygen atoms in total. The lowest BCUT2D eigenvalue weighted by Crippen LogP contribution is -2.31. The van der Waals surface area contributed by atoms with Crippen LogP contribution in [0.5, 0.6) is 11.5 Å². The number of carbonyl (C=O) groups excluding carboxylic acids is 1. The van der Waals surface area contributed by atoms with Crippen LogP contribution in [0.4, 0.5) is 10.5 Å². The van der Waals surface area contributed by atoms with Crippen LogP contribution in [0.3, 0.4) is 0 Å². The summed E-state index contributed by atoms with van der Waals surface area (Å²) in [5, 5.41) is 15.2. The van der Waals surface area contributed by atoms with Gasteiger partial charge in [-0.15, -0.1) is 11.8 Å². The fraction of sp³-hybridized carbons (Fsp3) is 0.184. The van der Waals surface area contributed by atoms with Crippen molar-refractivity contribution >= 4 is 23.5 Å². The first kappa shape index (κ1) is 31.4. The summed E-state index contributed by atoms with van der Waals surface area (Å²) in [6, 6.07) is 42.7. The van der Waals surface area contributed by atoms with Crippen LogP contribution in [0.2, 0.25) is 0 Å². The van der Waals surface area contributed by atoms with Gasteiger partial charge in [-0.25, -0.2) is 4.79 Å². The molecule has 0 aliphatic carbocycles. The van der Waals surface area contributed by atoms with Gasteiger partial charge in [-0.2, -0.15) is 0 Å². The van der Waals surface area contributed by atoms with Crippen LogP contribution in [0, 0.1) is 0 Å². The van der Waals surface area contributed by atoms with Crippen LogP contribution < -0.4 is 15.4 Å². The molecule has 1 aliphatic heterocycles. The lowest BCUT2D eigenvalue weighted by atomic mass is 10.0. The second-order valence-corrected chi connectivity index (χ2v) is 12.1. The first-order valence-corrected chi connectivity index (χ1v) is 16.2. The second-order valence-electron chi connectivity index (χ2n) is 11.0. The summed E-state index contributed by atoms with van der Waals surface area (Å²) < 4.78 is 18.8. The summed E-state index contributed by atoms with van der Waals surface area (Å²) in [6.07, 6.45) is 0.0402. The summed E-state index contributed by atoms with van der Waals surface area (Å²) >= 11 is 1.77. The van der Waals surface area contributed by atoms with Gasteiger partial charge in [0.25, 0.3) is 0 Å². The molecule has 0 saturated carbocycles. The molecule has 5 aromatic carbocycles. The summed E-state index contributed by atoms with van der Waals surface area (Å²) in [5.41, 5.74) is 4.46. The number of hydrogen-bond donors (Lipinski definition) is 3. The Balaban J connectivity index is 1.04. The molecule has 0 aromatic heterocycles. The number of aliphatic hydroxyl groups excluding tert-OH is 1. The van der Waals surface area contributed by atoms with Crippen molar-refractivity contribution in [1.29, 1.82) is 0 Å². The molecule has 1 fully saturated rings. The molecule has 0 spiro atoms. The molecule has 1 heterocycles. The molecular formula is C38H36N2O5S. The van der Waals surface area contributed by atoms with Gasteiger partial charge >= 0.3 is 6.03 Å². The third-order valence-electron chi connectivity index (χ3n) is 7.59. The quantitative estimate of drug-likeness (QED) is 0.126. The van der Waals surface area contributed by atoms with Crippen LogP contribution >= 0.6 is 11.8 Å². The topological polar surface area (TPSA) is 89.1 Å². The highest BCUT2D eigenvalue weighted by Gasteiger charge is 2.32. The Bertz CT molecular complexity index is 1670. The van der Waals surface area contributed by atoms with Crippen LogP contribution in [-0.4, -0.2) is 23.0 Å². The van der Waals surface area contributed by atoms with Gasteiger partial charge in [-0.3, -0.25) is 0 Å². The monoisotopic (exact) mass is 632 g/mol. The molecule has 234 valence electrons. The van der Waals surface area contributed by atoms with Crippen molar-refractivity contribution in [3.05, 3.63) is 156 Å². The van der Waals surface area contributed by atoms with Gasteiger partial charge in [0.15, 0.2) is 6.29 Å². The molecule has 1 aliphatic rings. The number of thioether (sulfide) groups is 1. The van der Waals surface area contributed by atoms with Gasteiger partial charge < -0.3 is 30.0 Å². The number of hydrogen-bond acceptors (Lipinski definition) is 6. The zero-order valence-electron chi connectivity index (χ0n) is 25.3. The van der Waals surface area contributed by atoms with E-state index >= 15 is 0 Å². The summed E-state index contributed by atoms with van der Waals surface area (Å²) in [5.74, 6) is 2.24. The molecule has 3 N–H and O–H groups in total. The number of aliphatic hydroxyl groups is 1. The van der Waals surface area contributed by atoms with Crippen LogP contribution in [0.15, 0.2) is 138 Å². The van der Waals surface area contributed by atoms with Gasteiger partial charge in [-0.1, -0.05) is 84.9 Å². The Morgan fingerprint density at radius 2 is 1.37 bits per heavy atom. The van der Waals surface area contributed by atoms with Crippen molar-refractivity contribution in [2.45, 2.75) is 43.0 Å². The molecule has 3 atom stereocenters. The molecule has 6 rings (SSSR count). The van der Waals surface area contributed by atoms with Crippen LogP contribution in [0.1, 0.15) is 41.1 Å². The van der Waals surface area contributed by atoms with E-state index in [2.05, 4.69) is 22.8 Å². The van der Waals surface area contributed by atoms with Crippen molar-refractivity contribution in [3.63, 3.8) is 0 Å². The van der Waals surface area contributed by atoms with Crippen molar-refractivity contribution < 1.29 is 24.1 Å². The Kier molecular flexibility index (Phi) is 10.6. The molecule has 2 amide bonds. The predicted octanol–water partition coefficient (Wildman–Crippen LogP) is 8.63. The van der Waals surface area contributed by atoms with Gasteiger partial charge in [0.05, 0.1) is 18.8 Å². The van der Waals surface area contributed by atoms with E-state index in [1.807, 2.05) is 109 Å². The third kappa shape index (κ3) is 8.77. The van der Waals surface area contributed by atoms with Gasteiger partial charge in [0, 0.05) is 34.9 Å². The maximum atomic E-state index is 12.6. The number of benzene rings is 5. The minimum absolute atomic E-state index is 0.00839. The van der Waals surface area contributed by atoms with E-state index in [0.717, 1.165) is 40.2 Å². The van der Waals surface area contributed by atoms with E-state index in [1.165, 1.54) is 4.90 Å². The Labute approximate surface area is 273 Å². The average molecular weight is 633 g/mol. The highest BCUT2D eigenvalue weighted by Crippen LogP contribution is 2.39. The maximum Gasteiger partial charge on any atom is 0.319 e. The van der Waals surface area contributed by atoms with Gasteiger partial charge in [0.1, 0.15) is 11.5 Å². The maximum absolute atomic E-state index is 12.6. The molecule has 0 radical (unpaired) electrons. The number of anilines is 1. The average Bonchev–Trinajstić information content (AvgIpc) is 3.12. The molecule has 0 unspecified atom stereocenters. The van der Waals surface area contributed by atoms with E-state index in [4.69, 9.17) is 14.2 Å². The predicted molar refractivity (Wildman–Crippen MR) is 181 cm³/mol. The lowest BCUT2D eigenvalue weighted by Gasteiger charge is -2.36. The van der Waals surface area contributed by atoms with E-state index in [0.29, 0.717) is 18.0 Å². The Morgan fingerprint density at radius 3 is 2.07 bits per heavy atom. The van der Waals surface area contributed by atoms with E-state index in [9.17, 15) is 9.90 Å². The zero-order valence-corrected chi connectivity index (χ0v) is 26.1. The molecule has 5 aromatic rings. The Hall–Kier alpha value is -4.60. The number of amides is 2. The van der Waals surface area contributed by atoms with Gasteiger partial charge in [0.2, 0.25) is 0 Å². The van der Waals surface area contributed by atoms with Crippen molar-refractivity contribution in [2.75, 3.05) is 11.1 Å². The molecule has 46 heavy (non-hydrogen) atoms. The summed E-state index contributed by atoms with van der Waals surface area (Å²) in [7, 11) is 0. The SMILES string of the molecule is O=C(NCc1ccc([C@@H]2O[C@H](CSc3ccccc3)C[C@H](c3ccc(CO)cc3)O2)cc1)Nc1ccc(Oc2ccccc2)cc1. The van der Waals surface area contributed by atoms with E-state index in [1.54, 1.807) is 23.9 Å². The first-order valence-electron chi connectivity index (χ1n) is 15.3. The summed E-state index contributed by atoms with van der Waals surface area (Å²) in [6.45, 7) is 0.373. The van der Waals surface area contributed by atoms with Crippen LogP contribution in [-0.2, 0) is 22.6 Å². The lowest BCUT2D eigenvalue weighted by molar-refractivity contribution is -0.245. The first-order chi connectivity index (χ1) is 22.6. The largest absolute Gasteiger partial charge is 0.457 e. The second kappa shape index (κ2) is 15.6. The van der Waals surface area contributed by atoms with Crippen molar-refractivity contribution in [2.24, 2.45) is 0 Å². The number of rotatable bonds is 11. The third-order valence-corrected chi connectivity index (χ3v) is 8.73. The van der Waals surface area contributed by atoms with E-state index < -0.39 is 6.29 Å². The normalized spacial score (nSPS) is 17.6. The van der Waals surface area contributed by atoms with Crippen LogP contribution in [0.25, 0.3) is 0 Å². The summed E-state index contributed by atoms with van der Waals surface area (Å²) in [4.78, 5) is 13.8. The minimum Gasteiger partial charge on any atom is -0.457 e. The standard InChI is InChI=1S/C38H36N2O5S/c41-25-28-13-15-29(16-14-28)36-23-34(26-46-35-9-5-2-6-10-35)44-37(45-36)30-17-11-27(12-18-30)24-39-38(42)40-31-19-21-33(22-20-31)43-32-7-3-1-4-8-32/h1-22,34,36-37,41H,23-26H2,(H2,39,40,42)/t34-,36+,37+/m0/s1. The number of ether oxygens (including phenoxy) is 3. The van der Waals surface area contributed by atoms with Crippen molar-refractivity contribution in [1.82, 2.24) is 5.32 Å². The number of nitrogens with one attached hydrogen (secondary N) is 2. The van der Waals surface area contributed by atoms with E-state index in [-0.39, 0.29) is 24.8 Å². The fourth-order valence-electron chi connectivity index (χ4n) is 5.11. The van der Waals surface area contributed by atoms with Crippen molar-refractivity contribution in [3.8, 4) is 11.5 Å². The molecule has 8 heteroatoms. The smallest absolute Gasteiger partial charge is 0.319 e. The number of urea groups is 1. The molecule has 0 bridgehead atoms. The zero-order chi connectivity index (χ0) is 31.6.